The summed E-state index contributed by atoms with van der Waals surface area (Å²) in [6.45, 7) is 5.55. The van der Waals surface area contributed by atoms with Crippen molar-refractivity contribution in [2.45, 2.75) is 38.5 Å². The van der Waals surface area contributed by atoms with Crippen LogP contribution < -0.4 is 10.5 Å². The normalized spacial score (nSPS) is 11.6. The zero-order chi connectivity index (χ0) is 15.6. The molecule has 1 aromatic carbocycles. The molecular formula is C13H18N4O2S2. The average molecular weight is 326 g/mol. The Hall–Kier alpha value is -1.67. The van der Waals surface area contributed by atoms with Crippen LogP contribution in [0.15, 0.2) is 17.0 Å². The van der Waals surface area contributed by atoms with Crippen molar-refractivity contribution in [3.63, 3.8) is 0 Å². The number of aromatic nitrogens is 2. The molecule has 0 saturated carbocycles. The van der Waals surface area contributed by atoms with E-state index in [0.29, 0.717) is 29.9 Å². The number of hydrogen-bond acceptors (Lipinski definition) is 6. The van der Waals surface area contributed by atoms with E-state index in [0.717, 1.165) is 17.1 Å². The highest BCUT2D eigenvalue weighted by Crippen LogP contribution is 2.27. The van der Waals surface area contributed by atoms with Gasteiger partial charge in [-0.1, -0.05) is 13.8 Å². The van der Waals surface area contributed by atoms with E-state index in [9.17, 15) is 8.42 Å². The number of benzene rings is 1. The number of nitrogens with two attached hydrogens (primary N) is 1. The molecule has 21 heavy (non-hydrogen) atoms. The van der Waals surface area contributed by atoms with Crippen molar-refractivity contribution in [3.8, 4) is 0 Å². The van der Waals surface area contributed by atoms with Gasteiger partial charge in [0.05, 0.1) is 4.90 Å². The molecule has 0 atom stereocenters. The molecule has 1 heterocycles. The molecule has 1 aromatic heterocycles. The van der Waals surface area contributed by atoms with E-state index in [-0.39, 0.29) is 10.0 Å². The predicted octanol–water partition coefficient (Wildman–Crippen LogP) is 2.35. The van der Waals surface area contributed by atoms with Crippen LogP contribution in [0.5, 0.6) is 0 Å². The van der Waals surface area contributed by atoms with E-state index in [4.69, 9.17) is 5.73 Å². The van der Waals surface area contributed by atoms with E-state index in [2.05, 4.69) is 14.1 Å². The van der Waals surface area contributed by atoms with Gasteiger partial charge in [-0.15, -0.1) is 0 Å². The number of sulfonamides is 1. The van der Waals surface area contributed by atoms with Crippen LogP contribution in [-0.4, -0.2) is 17.8 Å². The van der Waals surface area contributed by atoms with Crippen molar-refractivity contribution in [1.29, 1.82) is 0 Å². The average Bonchev–Trinajstić information content (AvgIpc) is 2.82. The fraction of sp³-hybridized carbons (Fsp3) is 0.385. The molecule has 0 aliphatic rings. The number of hydrogen-bond donors (Lipinski definition) is 2. The number of aryl methyl sites for hydroxylation is 2. The van der Waals surface area contributed by atoms with Gasteiger partial charge in [0.15, 0.2) is 0 Å². The Morgan fingerprint density at radius 1 is 1.29 bits per heavy atom. The maximum absolute atomic E-state index is 12.6. The fourth-order valence-electron chi connectivity index (χ4n) is 2.06. The number of nitrogens with zero attached hydrogens (tertiary/aromatic N) is 2. The summed E-state index contributed by atoms with van der Waals surface area (Å²) in [4.78, 5) is 4.25. The third-order valence-electron chi connectivity index (χ3n) is 3.10. The minimum atomic E-state index is -3.72. The fourth-order valence-corrected chi connectivity index (χ4v) is 4.25. The molecule has 0 aliphatic heterocycles. The smallest absolute Gasteiger partial charge is 0.264 e. The van der Waals surface area contributed by atoms with Crippen LogP contribution in [0.25, 0.3) is 0 Å². The molecule has 2 aromatic rings. The van der Waals surface area contributed by atoms with Crippen LogP contribution in [0, 0.1) is 6.92 Å². The standard InChI is InChI=1S/C13H18N4O2S2/c1-4-9-6-11(14)10(5-2)12(7-9)21(18,19)17-13-15-8(3)16-20-13/h6-7H,4-5,14H2,1-3H3,(H,15,16,17). The quantitative estimate of drug-likeness (QED) is 0.822. The van der Waals surface area contributed by atoms with Gasteiger partial charge >= 0.3 is 0 Å². The first kappa shape index (κ1) is 15.7. The summed E-state index contributed by atoms with van der Waals surface area (Å²) in [5.41, 5.74) is 8.00. The van der Waals surface area contributed by atoms with Gasteiger partial charge in [0.25, 0.3) is 10.0 Å². The molecular weight excluding hydrogens is 308 g/mol. The summed E-state index contributed by atoms with van der Waals surface area (Å²) in [6, 6.07) is 3.50. The van der Waals surface area contributed by atoms with Gasteiger partial charge in [0.2, 0.25) is 5.13 Å². The zero-order valence-electron chi connectivity index (χ0n) is 12.2. The van der Waals surface area contributed by atoms with Gasteiger partial charge in [-0.25, -0.2) is 13.4 Å². The first-order chi connectivity index (χ1) is 9.87. The Kier molecular flexibility index (Phi) is 4.48. The number of rotatable bonds is 5. The highest BCUT2D eigenvalue weighted by atomic mass is 32.2. The number of nitrogens with one attached hydrogen (secondary N) is 1. The Bertz CT molecular complexity index is 754. The van der Waals surface area contributed by atoms with Crippen LogP contribution in [0.1, 0.15) is 30.8 Å². The molecule has 0 unspecified atom stereocenters. The second kappa shape index (κ2) is 5.98. The molecule has 6 nitrogen and oxygen atoms in total. The molecule has 2 rings (SSSR count). The van der Waals surface area contributed by atoms with E-state index in [1.807, 2.05) is 19.9 Å². The second-order valence-corrected chi connectivity index (χ2v) is 7.02. The lowest BCUT2D eigenvalue weighted by Gasteiger charge is -2.14. The van der Waals surface area contributed by atoms with Crippen molar-refractivity contribution in [2.75, 3.05) is 10.5 Å². The lowest BCUT2D eigenvalue weighted by molar-refractivity contribution is 0.600. The van der Waals surface area contributed by atoms with Crippen molar-refractivity contribution in [2.24, 2.45) is 0 Å². The van der Waals surface area contributed by atoms with Crippen molar-refractivity contribution in [1.82, 2.24) is 9.36 Å². The summed E-state index contributed by atoms with van der Waals surface area (Å²) < 4.78 is 31.6. The van der Waals surface area contributed by atoms with Crippen molar-refractivity contribution >= 4 is 32.4 Å². The Morgan fingerprint density at radius 3 is 2.52 bits per heavy atom. The third kappa shape index (κ3) is 3.33. The Morgan fingerprint density at radius 2 is 2.00 bits per heavy atom. The predicted molar refractivity (Wildman–Crippen MR) is 85.1 cm³/mol. The lowest BCUT2D eigenvalue weighted by Crippen LogP contribution is -2.16. The maximum atomic E-state index is 12.6. The summed E-state index contributed by atoms with van der Waals surface area (Å²) in [5, 5.41) is 0.259. The van der Waals surface area contributed by atoms with Gasteiger partial charge in [0, 0.05) is 17.2 Å². The Labute approximate surface area is 128 Å². The first-order valence-electron chi connectivity index (χ1n) is 6.61. The van der Waals surface area contributed by atoms with Crippen LogP contribution >= 0.6 is 11.5 Å². The zero-order valence-corrected chi connectivity index (χ0v) is 13.8. The van der Waals surface area contributed by atoms with Gasteiger partial charge < -0.3 is 5.73 Å². The van der Waals surface area contributed by atoms with Gasteiger partial charge in [-0.05, 0) is 43.0 Å². The van der Waals surface area contributed by atoms with Gasteiger partial charge in [-0.2, -0.15) is 4.37 Å². The van der Waals surface area contributed by atoms with Gasteiger partial charge in [0.1, 0.15) is 5.82 Å². The van der Waals surface area contributed by atoms with E-state index in [1.54, 1.807) is 13.0 Å². The summed E-state index contributed by atoms with van der Waals surface area (Å²) in [7, 11) is -3.72. The molecule has 0 bridgehead atoms. The molecule has 0 amide bonds. The summed E-state index contributed by atoms with van der Waals surface area (Å²) in [6.07, 6.45) is 1.26. The van der Waals surface area contributed by atoms with Crippen LogP contribution in [0.2, 0.25) is 0 Å². The molecule has 0 saturated heterocycles. The summed E-state index contributed by atoms with van der Waals surface area (Å²) in [5.74, 6) is 0.537. The second-order valence-electron chi connectivity index (χ2n) is 4.62. The highest BCUT2D eigenvalue weighted by molar-refractivity contribution is 7.93. The maximum Gasteiger partial charge on any atom is 0.264 e. The molecule has 114 valence electrons. The molecule has 0 aliphatic carbocycles. The van der Waals surface area contributed by atoms with Crippen molar-refractivity contribution < 1.29 is 8.42 Å². The minimum Gasteiger partial charge on any atom is -0.398 e. The highest BCUT2D eigenvalue weighted by Gasteiger charge is 2.22. The molecule has 0 spiro atoms. The minimum absolute atomic E-state index is 0.217. The van der Waals surface area contributed by atoms with Crippen molar-refractivity contribution in [3.05, 3.63) is 29.1 Å². The number of anilines is 2. The molecule has 3 N–H and O–H groups in total. The molecule has 0 fully saturated rings. The Balaban J connectivity index is 2.50. The molecule has 8 heteroatoms. The lowest BCUT2D eigenvalue weighted by atomic mass is 10.1. The molecule has 0 radical (unpaired) electrons. The third-order valence-corrected chi connectivity index (χ3v) is 5.36. The van der Waals surface area contributed by atoms with E-state index >= 15 is 0 Å². The van der Waals surface area contributed by atoms with Gasteiger partial charge in [-0.3, -0.25) is 4.72 Å². The topological polar surface area (TPSA) is 98.0 Å². The SMILES string of the molecule is CCc1cc(N)c(CC)c(S(=O)(=O)Nc2nc(C)ns2)c1. The van der Waals surface area contributed by atoms with Crippen LogP contribution in [0.3, 0.4) is 0 Å². The summed E-state index contributed by atoms with van der Waals surface area (Å²) >= 11 is 1.02. The van der Waals surface area contributed by atoms with E-state index in [1.165, 1.54) is 0 Å². The number of nitrogen functional groups attached to an aromatic ring is 1. The van der Waals surface area contributed by atoms with Crippen LogP contribution in [-0.2, 0) is 22.9 Å². The van der Waals surface area contributed by atoms with Crippen LogP contribution in [0.4, 0.5) is 10.8 Å². The largest absolute Gasteiger partial charge is 0.398 e. The monoisotopic (exact) mass is 326 g/mol. The van der Waals surface area contributed by atoms with E-state index < -0.39 is 10.0 Å². The first-order valence-corrected chi connectivity index (χ1v) is 8.87.